The Bertz CT molecular complexity index is 1480. The van der Waals surface area contributed by atoms with Crippen LogP contribution in [0.4, 0.5) is 10.1 Å². The Labute approximate surface area is 186 Å². The van der Waals surface area contributed by atoms with Crippen molar-refractivity contribution >= 4 is 39.9 Å². The molecule has 1 amide bonds. The summed E-state index contributed by atoms with van der Waals surface area (Å²) in [5, 5.41) is 0.548. The molecule has 158 valence electrons. The van der Waals surface area contributed by atoms with E-state index in [1.165, 1.54) is 42.2 Å². The monoisotopic (exact) mass is 447 g/mol. The quantitative estimate of drug-likeness (QED) is 0.387. The van der Waals surface area contributed by atoms with Gasteiger partial charge in [-0.25, -0.2) is 4.39 Å². The number of carbonyl (C=O) groups is 2. The normalized spacial score (nSPS) is 15.3. The Kier molecular flexibility index (Phi) is 4.68. The van der Waals surface area contributed by atoms with E-state index < -0.39 is 23.2 Å². The summed E-state index contributed by atoms with van der Waals surface area (Å²) in [5.74, 6) is -1.40. The minimum absolute atomic E-state index is 0.0468. The third kappa shape index (κ3) is 3.03. The molecule has 5 nitrogen and oxygen atoms in total. The lowest BCUT2D eigenvalue weighted by molar-refractivity contribution is 0.0970. The Morgan fingerprint density at radius 3 is 2.44 bits per heavy atom. The molecule has 0 saturated carbocycles. The first-order valence-corrected chi connectivity index (χ1v) is 10.2. The second-order valence-electron chi connectivity index (χ2n) is 7.52. The molecule has 0 aliphatic carbocycles. The van der Waals surface area contributed by atoms with Crippen molar-refractivity contribution in [2.24, 2.45) is 0 Å². The number of halogens is 2. The maximum absolute atomic E-state index is 14.9. The van der Waals surface area contributed by atoms with E-state index in [-0.39, 0.29) is 33.6 Å². The highest BCUT2D eigenvalue weighted by Crippen LogP contribution is 2.42. The number of nitrogens with zero attached hydrogens (tertiary/aromatic N) is 1. The highest BCUT2D eigenvalue weighted by Gasteiger charge is 2.44. The fourth-order valence-electron chi connectivity index (χ4n) is 4.06. The van der Waals surface area contributed by atoms with Gasteiger partial charge in [-0.05, 0) is 55.5 Å². The van der Waals surface area contributed by atoms with Crippen molar-refractivity contribution in [1.29, 1.82) is 0 Å². The molecule has 1 unspecified atom stereocenters. The van der Waals surface area contributed by atoms with Gasteiger partial charge in [-0.1, -0.05) is 29.8 Å². The standard InChI is InChI=1S/C25H15ClFNO4/c1-13(29)14-6-9-16(10-7-14)28-22(17-4-2-3-5-19(17)27)21-23(30)18-12-15(26)8-11-20(18)32-24(21)25(28)31/h2-12,22H,1H3. The minimum atomic E-state index is -1.04. The number of Topliss-reactive ketones (excluding diaryl/α,β-unsaturated/α-hetero) is 1. The van der Waals surface area contributed by atoms with Crippen molar-refractivity contribution in [3.8, 4) is 0 Å². The van der Waals surface area contributed by atoms with E-state index in [2.05, 4.69) is 0 Å². The topological polar surface area (TPSA) is 67.6 Å². The summed E-state index contributed by atoms with van der Waals surface area (Å²) in [6, 6.07) is 15.8. The van der Waals surface area contributed by atoms with Gasteiger partial charge in [0, 0.05) is 21.8 Å². The minimum Gasteiger partial charge on any atom is -0.450 e. The van der Waals surface area contributed by atoms with Crippen LogP contribution >= 0.6 is 11.6 Å². The van der Waals surface area contributed by atoms with Crippen LogP contribution in [0.5, 0.6) is 0 Å². The summed E-state index contributed by atoms with van der Waals surface area (Å²) >= 11 is 6.07. The van der Waals surface area contributed by atoms with E-state index in [0.29, 0.717) is 16.3 Å². The average molecular weight is 448 g/mol. The fraction of sp³-hybridized carbons (Fsp3) is 0.0800. The third-order valence-corrected chi connectivity index (χ3v) is 5.82. The summed E-state index contributed by atoms with van der Waals surface area (Å²) in [4.78, 5) is 39.9. The number of carbonyl (C=O) groups excluding carboxylic acids is 2. The largest absolute Gasteiger partial charge is 0.450 e. The molecular formula is C25H15ClFNO4. The highest BCUT2D eigenvalue weighted by molar-refractivity contribution is 6.31. The van der Waals surface area contributed by atoms with Crippen LogP contribution in [0.1, 0.15) is 45.0 Å². The second-order valence-corrected chi connectivity index (χ2v) is 7.95. The van der Waals surface area contributed by atoms with Crippen molar-refractivity contribution in [3.05, 3.63) is 110 Å². The van der Waals surface area contributed by atoms with E-state index in [4.69, 9.17) is 16.0 Å². The molecule has 5 rings (SSSR count). The molecule has 1 aliphatic heterocycles. The number of benzene rings is 3. The van der Waals surface area contributed by atoms with E-state index in [1.54, 1.807) is 36.4 Å². The highest BCUT2D eigenvalue weighted by atomic mass is 35.5. The van der Waals surface area contributed by atoms with Crippen molar-refractivity contribution in [1.82, 2.24) is 0 Å². The van der Waals surface area contributed by atoms with Gasteiger partial charge < -0.3 is 4.42 Å². The molecule has 32 heavy (non-hydrogen) atoms. The number of anilines is 1. The van der Waals surface area contributed by atoms with Crippen LogP contribution in [0.25, 0.3) is 11.0 Å². The van der Waals surface area contributed by atoms with Gasteiger partial charge in [-0.15, -0.1) is 0 Å². The molecule has 1 aliphatic rings. The van der Waals surface area contributed by atoms with Gasteiger partial charge in [0.1, 0.15) is 11.4 Å². The van der Waals surface area contributed by atoms with Crippen molar-refractivity contribution in [2.45, 2.75) is 13.0 Å². The van der Waals surface area contributed by atoms with E-state index >= 15 is 0 Å². The smallest absolute Gasteiger partial charge is 0.295 e. The molecule has 1 aromatic heterocycles. The van der Waals surface area contributed by atoms with Gasteiger partial charge >= 0.3 is 0 Å². The number of ketones is 1. The summed E-state index contributed by atoms with van der Waals surface area (Å²) in [6.45, 7) is 1.44. The van der Waals surface area contributed by atoms with Crippen LogP contribution in [0.3, 0.4) is 0 Å². The predicted octanol–water partition coefficient (Wildman–Crippen LogP) is 5.54. The molecule has 0 N–H and O–H groups in total. The number of rotatable bonds is 3. The Morgan fingerprint density at radius 1 is 1.03 bits per heavy atom. The second kappa shape index (κ2) is 7.43. The van der Waals surface area contributed by atoms with E-state index in [0.717, 1.165) is 0 Å². The Balaban J connectivity index is 1.80. The van der Waals surface area contributed by atoms with E-state index in [9.17, 15) is 18.8 Å². The fourth-order valence-corrected chi connectivity index (χ4v) is 4.23. The van der Waals surface area contributed by atoms with Crippen LogP contribution in [-0.2, 0) is 0 Å². The van der Waals surface area contributed by atoms with Gasteiger partial charge in [0.15, 0.2) is 11.2 Å². The molecule has 3 aromatic carbocycles. The molecule has 0 fully saturated rings. The summed E-state index contributed by atoms with van der Waals surface area (Å²) in [6.07, 6.45) is 0. The maximum atomic E-state index is 14.9. The van der Waals surface area contributed by atoms with Crippen LogP contribution in [0.2, 0.25) is 5.02 Å². The van der Waals surface area contributed by atoms with Crippen molar-refractivity contribution in [3.63, 3.8) is 0 Å². The SMILES string of the molecule is CC(=O)c1ccc(N2C(=O)c3oc4ccc(Cl)cc4c(=O)c3C2c2ccccc2F)cc1. The Morgan fingerprint density at radius 2 is 1.75 bits per heavy atom. The van der Waals surface area contributed by atoms with Crippen molar-refractivity contribution < 1.29 is 18.4 Å². The zero-order chi connectivity index (χ0) is 22.6. The molecular weight excluding hydrogens is 433 g/mol. The Hall–Kier alpha value is -3.77. The van der Waals surface area contributed by atoms with Gasteiger partial charge in [0.25, 0.3) is 5.91 Å². The third-order valence-electron chi connectivity index (χ3n) is 5.58. The first-order chi connectivity index (χ1) is 15.4. The lowest BCUT2D eigenvalue weighted by atomic mass is 9.97. The molecule has 0 spiro atoms. The number of hydrogen-bond donors (Lipinski definition) is 0. The molecule has 4 aromatic rings. The molecule has 2 heterocycles. The summed E-state index contributed by atoms with van der Waals surface area (Å²) in [5.41, 5.74) is 0.839. The number of hydrogen-bond acceptors (Lipinski definition) is 4. The first kappa shape index (κ1) is 20.2. The molecule has 7 heteroatoms. The average Bonchev–Trinajstić information content (AvgIpc) is 3.07. The first-order valence-electron chi connectivity index (χ1n) is 9.82. The van der Waals surface area contributed by atoms with Crippen LogP contribution in [0, 0.1) is 5.82 Å². The molecule has 0 saturated heterocycles. The zero-order valence-corrected chi connectivity index (χ0v) is 17.5. The molecule has 0 bridgehead atoms. The van der Waals surface area contributed by atoms with Crippen molar-refractivity contribution in [2.75, 3.05) is 4.90 Å². The van der Waals surface area contributed by atoms with Gasteiger partial charge in [-0.2, -0.15) is 0 Å². The summed E-state index contributed by atoms with van der Waals surface area (Å²) in [7, 11) is 0. The van der Waals surface area contributed by atoms with Crippen LogP contribution < -0.4 is 10.3 Å². The number of amides is 1. The molecule has 0 radical (unpaired) electrons. The predicted molar refractivity (Wildman–Crippen MR) is 119 cm³/mol. The summed E-state index contributed by atoms with van der Waals surface area (Å²) < 4.78 is 20.7. The maximum Gasteiger partial charge on any atom is 0.295 e. The van der Waals surface area contributed by atoms with E-state index in [1.807, 2.05) is 0 Å². The van der Waals surface area contributed by atoms with Crippen LogP contribution in [-0.4, -0.2) is 11.7 Å². The van der Waals surface area contributed by atoms with Gasteiger partial charge in [-0.3, -0.25) is 19.3 Å². The lowest BCUT2D eigenvalue weighted by Gasteiger charge is -2.25. The van der Waals surface area contributed by atoms with Crippen LogP contribution in [0.15, 0.2) is 75.9 Å². The lowest BCUT2D eigenvalue weighted by Crippen LogP contribution is -2.30. The number of fused-ring (bicyclic) bond motifs is 2. The van der Waals surface area contributed by atoms with Gasteiger partial charge in [0.2, 0.25) is 5.76 Å². The molecule has 1 atom stereocenters. The zero-order valence-electron chi connectivity index (χ0n) is 16.8. The van der Waals surface area contributed by atoms with Gasteiger partial charge in [0.05, 0.1) is 17.0 Å².